The number of fused-ring (bicyclic) bond motifs is 2. The van der Waals surface area contributed by atoms with Gasteiger partial charge in [0, 0.05) is 11.5 Å². The second-order valence-electron chi connectivity index (χ2n) is 5.15. The van der Waals surface area contributed by atoms with Crippen molar-refractivity contribution in [2.24, 2.45) is 22.7 Å². The Morgan fingerprint density at radius 3 is 2.94 bits per heavy atom. The van der Waals surface area contributed by atoms with E-state index in [2.05, 4.69) is 15.3 Å². The summed E-state index contributed by atoms with van der Waals surface area (Å²) in [5.74, 6) is 0.857. The highest BCUT2D eigenvalue weighted by atomic mass is 16.1. The summed E-state index contributed by atoms with van der Waals surface area (Å²) in [7, 11) is 0. The van der Waals surface area contributed by atoms with Crippen LogP contribution in [0.5, 0.6) is 0 Å². The van der Waals surface area contributed by atoms with Crippen molar-refractivity contribution in [3.63, 3.8) is 0 Å². The van der Waals surface area contributed by atoms with Crippen LogP contribution >= 0.6 is 0 Å². The number of nitrogens with two attached hydrogens (primary N) is 1. The van der Waals surface area contributed by atoms with Crippen LogP contribution in [0.1, 0.15) is 32.1 Å². The molecule has 6 heteroatoms. The average molecular weight is 237 g/mol. The van der Waals surface area contributed by atoms with Gasteiger partial charge in [-0.25, -0.2) is 0 Å². The van der Waals surface area contributed by atoms with E-state index in [0.29, 0.717) is 24.9 Å². The first-order valence-electron chi connectivity index (χ1n) is 6.25. The molecule has 0 saturated heterocycles. The Bertz CT molecular complexity index is 352. The predicted octanol–water partition coefficient (Wildman–Crippen LogP) is 1.32. The summed E-state index contributed by atoms with van der Waals surface area (Å²) in [6, 6.07) is 0. The fourth-order valence-electron chi connectivity index (χ4n) is 3.44. The van der Waals surface area contributed by atoms with Gasteiger partial charge < -0.3 is 11.1 Å². The normalized spacial score (nSPS) is 34.6. The van der Waals surface area contributed by atoms with Crippen LogP contribution in [0.4, 0.5) is 0 Å². The molecule has 6 nitrogen and oxygen atoms in total. The number of carbonyl (C=O) groups excluding carboxylic acids is 1. The van der Waals surface area contributed by atoms with E-state index in [1.807, 2.05) is 0 Å². The van der Waals surface area contributed by atoms with Crippen LogP contribution in [0.2, 0.25) is 0 Å². The number of azide groups is 1. The molecular weight excluding hydrogens is 218 g/mol. The first kappa shape index (κ1) is 12.2. The Morgan fingerprint density at radius 1 is 1.59 bits per heavy atom. The monoisotopic (exact) mass is 237 g/mol. The summed E-state index contributed by atoms with van der Waals surface area (Å²) < 4.78 is 0. The molecule has 3 unspecified atom stereocenters. The standard InChI is InChI=1S/C11H19N5O/c12-10(17)11(14-4-1-5-15-16-13)7-8-2-3-9(11)6-8/h8-9,14H,1-7H2,(H2,12,17). The van der Waals surface area contributed by atoms with E-state index in [1.165, 1.54) is 6.42 Å². The number of nitrogens with zero attached hydrogens (tertiary/aromatic N) is 3. The maximum absolute atomic E-state index is 11.7. The van der Waals surface area contributed by atoms with Gasteiger partial charge in [0.15, 0.2) is 0 Å². The molecule has 17 heavy (non-hydrogen) atoms. The number of hydrogen-bond donors (Lipinski definition) is 2. The third kappa shape index (κ3) is 2.23. The Kier molecular flexibility index (Phi) is 3.54. The van der Waals surface area contributed by atoms with Gasteiger partial charge in [-0.2, -0.15) is 0 Å². The molecule has 2 bridgehead atoms. The maximum Gasteiger partial charge on any atom is 0.238 e. The summed E-state index contributed by atoms with van der Waals surface area (Å²) in [5, 5.41) is 6.80. The van der Waals surface area contributed by atoms with E-state index in [0.717, 1.165) is 25.7 Å². The topological polar surface area (TPSA) is 104 Å². The van der Waals surface area contributed by atoms with Gasteiger partial charge in [-0.3, -0.25) is 4.79 Å². The molecular formula is C11H19N5O. The summed E-state index contributed by atoms with van der Waals surface area (Å²) in [4.78, 5) is 14.4. The van der Waals surface area contributed by atoms with E-state index < -0.39 is 5.54 Å². The van der Waals surface area contributed by atoms with Gasteiger partial charge in [-0.1, -0.05) is 11.5 Å². The van der Waals surface area contributed by atoms with Crippen LogP contribution < -0.4 is 11.1 Å². The van der Waals surface area contributed by atoms with E-state index in [4.69, 9.17) is 11.3 Å². The Labute approximate surface area is 101 Å². The van der Waals surface area contributed by atoms with Crippen molar-refractivity contribution in [1.82, 2.24) is 5.32 Å². The molecule has 0 spiro atoms. The third-order valence-corrected chi connectivity index (χ3v) is 4.23. The van der Waals surface area contributed by atoms with E-state index in [9.17, 15) is 4.79 Å². The fourth-order valence-corrected chi connectivity index (χ4v) is 3.44. The zero-order valence-electron chi connectivity index (χ0n) is 9.93. The zero-order valence-corrected chi connectivity index (χ0v) is 9.93. The van der Waals surface area contributed by atoms with Crippen LogP contribution in [0.25, 0.3) is 10.4 Å². The number of hydrogen-bond acceptors (Lipinski definition) is 3. The number of primary amides is 1. The zero-order chi connectivity index (χ0) is 12.3. The molecule has 94 valence electrons. The van der Waals surface area contributed by atoms with Crippen LogP contribution in [-0.4, -0.2) is 24.5 Å². The lowest BCUT2D eigenvalue weighted by molar-refractivity contribution is -0.126. The molecule has 0 aromatic rings. The van der Waals surface area contributed by atoms with Crippen LogP contribution in [0.3, 0.4) is 0 Å². The molecule has 2 aliphatic rings. The third-order valence-electron chi connectivity index (χ3n) is 4.23. The van der Waals surface area contributed by atoms with Crippen molar-refractivity contribution < 1.29 is 4.79 Å². The Balaban J connectivity index is 1.90. The van der Waals surface area contributed by atoms with Gasteiger partial charge in [-0.05, 0) is 49.6 Å². The van der Waals surface area contributed by atoms with Gasteiger partial charge >= 0.3 is 0 Å². The number of rotatable bonds is 6. The molecule has 2 fully saturated rings. The maximum atomic E-state index is 11.7. The smallest absolute Gasteiger partial charge is 0.238 e. The molecule has 0 aromatic carbocycles. The van der Waals surface area contributed by atoms with E-state index >= 15 is 0 Å². The lowest BCUT2D eigenvalue weighted by Gasteiger charge is -2.35. The van der Waals surface area contributed by atoms with Gasteiger partial charge in [0.25, 0.3) is 0 Å². The van der Waals surface area contributed by atoms with Gasteiger partial charge in [0.05, 0.1) is 0 Å². The van der Waals surface area contributed by atoms with Crippen molar-refractivity contribution in [3.05, 3.63) is 10.4 Å². The number of amides is 1. The van der Waals surface area contributed by atoms with Gasteiger partial charge in [0.1, 0.15) is 5.54 Å². The molecule has 3 N–H and O–H groups in total. The summed E-state index contributed by atoms with van der Waals surface area (Å²) in [6.45, 7) is 1.15. The first-order chi connectivity index (χ1) is 8.19. The fraction of sp³-hybridized carbons (Fsp3) is 0.909. The van der Waals surface area contributed by atoms with Crippen LogP contribution in [0.15, 0.2) is 5.11 Å². The SMILES string of the molecule is [N-]=[N+]=NCCCNC1(C(N)=O)CC2CCC1C2. The molecule has 0 radical (unpaired) electrons. The lowest BCUT2D eigenvalue weighted by Crippen LogP contribution is -2.59. The highest BCUT2D eigenvalue weighted by Gasteiger charge is 2.54. The Morgan fingerprint density at radius 2 is 2.41 bits per heavy atom. The molecule has 0 heterocycles. The minimum Gasteiger partial charge on any atom is -0.368 e. The molecule has 2 rings (SSSR count). The van der Waals surface area contributed by atoms with E-state index in [1.54, 1.807) is 0 Å². The molecule has 2 saturated carbocycles. The molecule has 0 aliphatic heterocycles. The highest BCUT2D eigenvalue weighted by Crippen LogP contribution is 2.50. The Hall–Kier alpha value is -1.26. The second kappa shape index (κ2) is 4.94. The molecule has 3 atom stereocenters. The van der Waals surface area contributed by atoms with Crippen molar-refractivity contribution in [2.45, 2.75) is 37.6 Å². The van der Waals surface area contributed by atoms with Crippen molar-refractivity contribution in [1.29, 1.82) is 0 Å². The van der Waals surface area contributed by atoms with Crippen LogP contribution in [0, 0.1) is 11.8 Å². The minimum atomic E-state index is -0.487. The van der Waals surface area contributed by atoms with Crippen molar-refractivity contribution >= 4 is 5.91 Å². The summed E-state index contributed by atoms with van der Waals surface area (Å²) in [6.07, 6.45) is 5.11. The van der Waals surface area contributed by atoms with Gasteiger partial charge in [-0.15, -0.1) is 0 Å². The van der Waals surface area contributed by atoms with Gasteiger partial charge in [0.2, 0.25) is 5.91 Å². The van der Waals surface area contributed by atoms with E-state index in [-0.39, 0.29) is 5.91 Å². The quantitative estimate of drug-likeness (QED) is 0.315. The molecule has 0 aromatic heterocycles. The largest absolute Gasteiger partial charge is 0.368 e. The summed E-state index contributed by atoms with van der Waals surface area (Å²) in [5.41, 5.74) is 13.3. The lowest BCUT2D eigenvalue weighted by atomic mass is 9.80. The molecule has 1 amide bonds. The predicted molar refractivity (Wildman–Crippen MR) is 64.0 cm³/mol. The van der Waals surface area contributed by atoms with Crippen molar-refractivity contribution in [2.75, 3.05) is 13.1 Å². The second-order valence-corrected chi connectivity index (χ2v) is 5.15. The molecule has 2 aliphatic carbocycles. The van der Waals surface area contributed by atoms with Crippen LogP contribution in [-0.2, 0) is 4.79 Å². The number of carbonyl (C=O) groups is 1. The highest BCUT2D eigenvalue weighted by molar-refractivity contribution is 5.85. The number of nitrogens with one attached hydrogen (secondary N) is 1. The first-order valence-corrected chi connectivity index (χ1v) is 6.25. The average Bonchev–Trinajstić information content (AvgIpc) is 2.89. The minimum absolute atomic E-state index is 0.214. The van der Waals surface area contributed by atoms with Crippen molar-refractivity contribution in [3.8, 4) is 0 Å². The summed E-state index contributed by atoms with van der Waals surface area (Å²) >= 11 is 0.